The predicted octanol–water partition coefficient (Wildman–Crippen LogP) is 1.59. The molecule has 0 unspecified atom stereocenters. The minimum absolute atomic E-state index is 0.103. The van der Waals surface area contributed by atoms with Crippen LogP contribution in [0, 0.1) is 0 Å². The second kappa shape index (κ2) is 5.87. The average Bonchev–Trinajstić information content (AvgIpc) is 2.76. The molecular formula is C15H22N3O+. The Kier molecular flexibility index (Phi) is 4.20. The van der Waals surface area contributed by atoms with Gasteiger partial charge in [-0.2, -0.15) is 0 Å². The van der Waals surface area contributed by atoms with E-state index >= 15 is 0 Å². The minimum Gasteiger partial charge on any atom is -0.307 e. The summed E-state index contributed by atoms with van der Waals surface area (Å²) in [5.74, 6) is 0.941. The summed E-state index contributed by atoms with van der Waals surface area (Å²) in [5, 5.41) is 0. The lowest BCUT2D eigenvalue weighted by Gasteiger charge is -2.26. The lowest BCUT2D eigenvalue weighted by molar-refractivity contribution is -0.509. The molecule has 0 radical (unpaired) electrons. The Morgan fingerprint density at radius 3 is 2.58 bits per heavy atom. The molecule has 102 valence electrons. The van der Waals surface area contributed by atoms with E-state index < -0.39 is 0 Å². The van der Waals surface area contributed by atoms with Gasteiger partial charge in [0.05, 0.1) is 13.0 Å². The number of rotatable bonds is 4. The van der Waals surface area contributed by atoms with Gasteiger partial charge in [-0.15, -0.1) is 0 Å². The molecule has 0 saturated heterocycles. The van der Waals surface area contributed by atoms with Gasteiger partial charge >= 0.3 is 0 Å². The molecule has 0 bridgehead atoms. The molecule has 0 aliphatic carbocycles. The number of amides is 1. The van der Waals surface area contributed by atoms with E-state index in [-0.39, 0.29) is 11.9 Å². The molecule has 0 aromatic heterocycles. The lowest BCUT2D eigenvalue weighted by atomic mass is 10.2. The number of hydrogen-bond acceptors (Lipinski definition) is 2. The van der Waals surface area contributed by atoms with E-state index in [2.05, 4.69) is 0 Å². The predicted molar refractivity (Wildman–Crippen MR) is 77.5 cm³/mol. The van der Waals surface area contributed by atoms with Crippen molar-refractivity contribution in [1.29, 1.82) is 0 Å². The van der Waals surface area contributed by atoms with Crippen LogP contribution in [0.3, 0.4) is 0 Å². The van der Waals surface area contributed by atoms with Crippen molar-refractivity contribution in [3.05, 3.63) is 30.3 Å². The van der Waals surface area contributed by atoms with Gasteiger partial charge in [-0.25, -0.2) is 0 Å². The number of benzene rings is 1. The molecule has 4 nitrogen and oxygen atoms in total. The first-order valence-electron chi connectivity index (χ1n) is 6.83. The second-order valence-corrected chi connectivity index (χ2v) is 5.21. The molecule has 4 heteroatoms. The number of para-hydroxylation sites is 1. The summed E-state index contributed by atoms with van der Waals surface area (Å²) in [6.07, 6.45) is 1.95. The van der Waals surface area contributed by atoms with Crippen LogP contribution < -0.4 is 10.6 Å². The maximum atomic E-state index is 12.5. The average molecular weight is 260 g/mol. The fraction of sp³-hybridized carbons (Fsp3) is 0.467. The van der Waals surface area contributed by atoms with E-state index in [1.165, 1.54) is 0 Å². The summed E-state index contributed by atoms with van der Waals surface area (Å²) in [6.45, 7) is 5.32. The van der Waals surface area contributed by atoms with Crippen molar-refractivity contribution in [3.63, 3.8) is 0 Å². The van der Waals surface area contributed by atoms with Gasteiger partial charge in [-0.05, 0) is 32.4 Å². The first kappa shape index (κ1) is 13.6. The van der Waals surface area contributed by atoms with Crippen LogP contribution in [0.2, 0.25) is 0 Å². The summed E-state index contributed by atoms with van der Waals surface area (Å²) < 4.78 is 1.99. The number of nitrogens with zero attached hydrogens (tertiary/aromatic N) is 2. The van der Waals surface area contributed by atoms with Crippen LogP contribution in [0.1, 0.15) is 26.7 Å². The van der Waals surface area contributed by atoms with E-state index in [9.17, 15) is 4.79 Å². The Morgan fingerprint density at radius 2 is 2.05 bits per heavy atom. The zero-order valence-electron chi connectivity index (χ0n) is 11.7. The highest BCUT2D eigenvalue weighted by atomic mass is 16.2. The van der Waals surface area contributed by atoms with Gasteiger partial charge in [0.25, 0.3) is 5.91 Å². The van der Waals surface area contributed by atoms with Crippen molar-refractivity contribution in [2.45, 2.75) is 32.7 Å². The first-order valence-corrected chi connectivity index (χ1v) is 6.83. The molecule has 0 atom stereocenters. The van der Waals surface area contributed by atoms with E-state index in [0.717, 1.165) is 30.9 Å². The number of nitrogens with two attached hydrogens (primary N) is 1. The lowest BCUT2D eigenvalue weighted by Crippen LogP contribution is -2.42. The zero-order valence-corrected chi connectivity index (χ0v) is 11.7. The van der Waals surface area contributed by atoms with Crippen molar-refractivity contribution >= 4 is 17.4 Å². The molecule has 1 aliphatic heterocycles. The Bertz CT molecular complexity index is 479. The Labute approximate surface area is 114 Å². The molecule has 1 amide bonds. The highest BCUT2D eigenvalue weighted by molar-refractivity contribution is 5.95. The van der Waals surface area contributed by atoms with E-state index in [1.54, 1.807) is 0 Å². The maximum Gasteiger partial charge on any atom is 0.269 e. The monoisotopic (exact) mass is 260 g/mol. The van der Waals surface area contributed by atoms with E-state index in [0.29, 0.717) is 6.54 Å². The topological polar surface area (TPSA) is 49.3 Å². The molecular weight excluding hydrogens is 238 g/mol. The van der Waals surface area contributed by atoms with Crippen LogP contribution >= 0.6 is 0 Å². The fourth-order valence-electron chi connectivity index (χ4n) is 2.49. The molecule has 1 aliphatic rings. The Hall–Kier alpha value is -1.84. The van der Waals surface area contributed by atoms with Crippen LogP contribution in [0.4, 0.5) is 5.69 Å². The number of hydrogen-bond donors (Lipinski definition) is 1. The quantitative estimate of drug-likeness (QED) is 0.836. The Morgan fingerprint density at radius 1 is 1.37 bits per heavy atom. The number of carbonyl (C=O) groups excluding carboxylic acids is 1. The largest absolute Gasteiger partial charge is 0.307 e. The fourth-order valence-corrected chi connectivity index (χ4v) is 2.49. The standard InChI is InChI=1S/C15H21N3O/c1-12(2)18(13-7-4-3-5-8-13)15(19)11-17-10-6-9-14(17)16/h3-5,7-8,12,16H,6,9-11H2,1-2H3/p+1. The van der Waals surface area contributed by atoms with Gasteiger partial charge < -0.3 is 4.90 Å². The normalized spacial score (nSPS) is 15.1. The van der Waals surface area contributed by atoms with Gasteiger partial charge in [-0.3, -0.25) is 15.1 Å². The van der Waals surface area contributed by atoms with Crippen LogP contribution in [0.5, 0.6) is 0 Å². The van der Waals surface area contributed by atoms with Crippen LogP contribution in [-0.4, -0.2) is 35.4 Å². The summed E-state index contributed by atoms with van der Waals surface area (Å²) in [4.78, 5) is 14.3. The van der Waals surface area contributed by atoms with Crippen molar-refractivity contribution in [1.82, 2.24) is 0 Å². The zero-order chi connectivity index (χ0) is 13.8. The van der Waals surface area contributed by atoms with Gasteiger partial charge in [0.2, 0.25) is 5.84 Å². The molecule has 0 spiro atoms. The molecule has 0 fully saturated rings. The highest BCUT2D eigenvalue weighted by Gasteiger charge is 2.25. The minimum atomic E-state index is 0.103. The van der Waals surface area contributed by atoms with Crippen molar-refractivity contribution in [2.75, 3.05) is 18.0 Å². The third-order valence-corrected chi connectivity index (χ3v) is 3.41. The molecule has 1 aromatic rings. The SMILES string of the molecule is CC(C)N(C(=O)C[N+]1=C(N)CCC1)c1ccccc1. The van der Waals surface area contributed by atoms with Crippen LogP contribution in [0.15, 0.2) is 30.3 Å². The molecule has 1 heterocycles. The van der Waals surface area contributed by atoms with Crippen molar-refractivity contribution in [2.24, 2.45) is 5.73 Å². The molecule has 0 saturated carbocycles. The van der Waals surface area contributed by atoms with E-state index in [4.69, 9.17) is 5.73 Å². The molecule has 2 rings (SSSR count). The van der Waals surface area contributed by atoms with Gasteiger partial charge in [-0.1, -0.05) is 18.2 Å². The molecule has 1 aromatic carbocycles. The molecule has 2 N–H and O–H groups in total. The van der Waals surface area contributed by atoms with Crippen LogP contribution in [0.25, 0.3) is 0 Å². The van der Waals surface area contributed by atoms with Crippen molar-refractivity contribution < 1.29 is 9.37 Å². The Balaban J connectivity index is 2.16. The summed E-state index contributed by atoms with van der Waals surface area (Å²) in [6, 6.07) is 9.93. The first-order chi connectivity index (χ1) is 9.09. The van der Waals surface area contributed by atoms with Crippen LogP contribution in [-0.2, 0) is 4.79 Å². The number of carbonyl (C=O) groups is 1. The third-order valence-electron chi connectivity index (χ3n) is 3.41. The van der Waals surface area contributed by atoms with Gasteiger partial charge in [0, 0.05) is 11.7 Å². The van der Waals surface area contributed by atoms with Crippen molar-refractivity contribution in [3.8, 4) is 0 Å². The highest BCUT2D eigenvalue weighted by Crippen LogP contribution is 2.17. The second-order valence-electron chi connectivity index (χ2n) is 5.21. The number of amidine groups is 1. The van der Waals surface area contributed by atoms with E-state index in [1.807, 2.05) is 53.7 Å². The van der Waals surface area contributed by atoms with Gasteiger partial charge in [0.1, 0.15) is 0 Å². The van der Waals surface area contributed by atoms with Gasteiger partial charge in [0.15, 0.2) is 6.54 Å². The summed E-state index contributed by atoms with van der Waals surface area (Å²) in [7, 11) is 0. The number of anilines is 1. The maximum absolute atomic E-state index is 12.5. The summed E-state index contributed by atoms with van der Waals surface area (Å²) >= 11 is 0. The summed E-state index contributed by atoms with van der Waals surface area (Å²) in [5.41, 5.74) is 6.86. The smallest absolute Gasteiger partial charge is 0.269 e. The third kappa shape index (κ3) is 3.13. The molecule has 19 heavy (non-hydrogen) atoms.